The fourth-order valence-electron chi connectivity index (χ4n) is 7.78. The second-order valence-electron chi connectivity index (χ2n) is 15.9. The third kappa shape index (κ3) is 9.02. The zero-order chi connectivity index (χ0) is 37.9. The lowest BCUT2D eigenvalue weighted by molar-refractivity contribution is -0.145. The van der Waals surface area contributed by atoms with Crippen LogP contribution in [0.4, 0.5) is 4.79 Å². The van der Waals surface area contributed by atoms with Gasteiger partial charge in [0.2, 0.25) is 17.6 Å². The number of carbonyl (C=O) groups excluding carboxylic acids is 5. The van der Waals surface area contributed by atoms with Crippen molar-refractivity contribution in [1.29, 1.82) is 0 Å². The monoisotopic (exact) mass is 748 g/mol. The second kappa shape index (κ2) is 16.2. The van der Waals surface area contributed by atoms with Crippen molar-refractivity contribution in [2.24, 2.45) is 28.6 Å². The number of piperidine rings is 1. The topological polar surface area (TPSA) is 174 Å². The molecule has 6 atom stereocenters. The standard InChI is InChI=1S/C36H56N6O7S2/c1-9-18-37-32(45)29(43)24(10-2)38-31(44)28-27-23(36(27,6)7)20-42(28)33(46)30(35(3,4)5)40-34(47)39-25(22-15-12-11-13-16-22)21-41(8)51(48,49)26-17-14-19-50-26/h9,14,17,19,22-25,27-28,30H,1,10-13,15-16,18,20-21H2,2-8H3,(H,37,45)(H,38,44)(H2,39,40,47)/t23-,24?,25+,27-,28-,30+/m0/s1. The van der Waals surface area contributed by atoms with Gasteiger partial charge in [0, 0.05) is 32.7 Å². The first-order chi connectivity index (χ1) is 23.9. The molecule has 5 amide bonds. The fraction of sp³-hybridized carbons (Fsp3) is 0.694. The number of hydrogen-bond acceptors (Lipinski definition) is 8. The third-order valence-electron chi connectivity index (χ3n) is 11.0. The molecule has 0 spiro atoms. The first-order valence-corrected chi connectivity index (χ1v) is 20.3. The van der Waals surface area contributed by atoms with E-state index < -0.39 is 69.1 Å². The number of hydrogen-bond donors (Lipinski definition) is 4. The number of nitrogens with one attached hydrogen (secondary N) is 4. The number of Topliss-reactive ketones (excluding diaryl/α,β-unsaturated/α-hetero) is 1. The normalized spacial score (nSPS) is 23.4. The molecular weight excluding hydrogens is 693 g/mol. The molecule has 4 N–H and O–H groups in total. The van der Waals surface area contributed by atoms with Crippen LogP contribution < -0.4 is 21.3 Å². The van der Waals surface area contributed by atoms with Crippen LogP contribution in [0.25, 0.3) is 0 Å². The number of fused-ring (bicyclic) bond motifs is 1. The Labute approximate surface area is 306 Å². The van der Waals surface area contributed by atoms with Crippen molar-refractivity contribution in [3.8, 4) is 0 Å². The molecule has 2 saturated carbocycles. The van der Waals surface area contributed by atoms with Gasteiger partial charge in [-0.2, -0.15) is 4.31 Å². The fourth-order valence-corrected chi connectivity index (χ4v) is 10.2. The quantitative estimate of drug-likeness (QED) is 0.157. The lowest BCUT2D eigenvalue weighted by Gasteiger charge is -2.38. The Hall–Kier alpha value is -3.30. The van der Waals surface area contributed by atoms with E-state index in [2.05, 4.69) is 27.8 Å². The van der Waals surface area contributed by atoms with Crippen LogP contribution in [-0.4, -0.2) is 98.0 Å². The van der Waals surface area contributed by atoms with Crippen molar-refractivity contribution >= 4 is 50.9 Å². The molecule has 2 aliphatic carbocycles. The minimum Gasteiger partial charge on any atom is -0.346 e. The zero-order valence-electron chi connectivity index (χ0n) is 31.0. The van der Waals surface area contributed by atoms with Crippen LogP contribution in [-0.2, 0) is 29.2 Å². The summed E-state index contributed by atoms with van der Waals surface area (Å²) in [5.41, 5.74) is -0.973. The van der Waals surface area contributed by atoms with Gasteiger partial charge in [0.15, 0.2) is 0 Å². The zero-order valence-corrected chi connectivity index (χ0v) is 32.6. The first-order valence-electron chi connectivity index (χ1n) is 18.0. The van der Waals surface area contributed by atoms with E-state index in [-0.39, 0.29) is 46.9 Å². The number of likely N-dealkylation sites (N-methyl/N-ethyl adjacent to an activating group) is 1. The van der Waals surface area contributed by atoms with Crippen molar-refractivity contribution < 1.29 is 32.4 Å². The van der Waals surface area contributed by atoms with Gasteiger partial charge in [0.1, 0.15) is 16.3 Å². The van der Waals surface area contributed by atoms with Gasteiger partial charge in [0.25, 0.3) is 15.9 Å². The van der Waals surface area contributed by atoms with Gasteiger partial charge in [-0.25, -0.2) is 13.2 Å². The maximum atomic E-state index is 14.4. The maximum Gasteiger partial charge on any atom is 0.315 e. The van der Waals surface area contributed by atoms with E-state index in [1.165, 1.54) is 22.3 Å². The molecule has 0 bridgehead atoms. The Bertz CT molecular complexity index is 1570. The van der Waals surface area contributed by atoms with Crippen LogP contribution in [0.15, 0.2) is 34.4 Å². The van der Waals surface area contributed by atoms with Crippen LogP contribution >= 0.6 is 11.3 Å². The molecule has 1 unspecified atom stereocenters. The Morgan fingerprint density at radius 2 is 1.76 bits per heavy atom. The van der Waals surface area contributed by atoms with Crippen LogP contribution in [0.1, 0.15) is 80.1 Å². The minimum absolute atomic E-state index is 0.0508. The summed E-state index contributed by atoms with van der Waals surface area (Å²) in [6.45, 7) is 15.3. The van der Waals surface area contributed by atoms with Crippen molar-refractivity contribution in [3.63, 3.8) is 0 Å². The van der Waals surface area contributed by atoms with E-state index in [4.69, 9.17) is 0 Å². The van der Waals surface area contributed by atoms with Crippen LogP contribution in [0.3, 0.4) is 0 Å². The van der Waals surface area contributed by atoms with Crippen LogP contribution in [0, 0.1) is 28.6 Å². The minimum atomic E-state index is -3.75. The molecule has 2 heterocycles. The molecule has 1 saturated heterocycles. The molecule has 4 rings (SSSR count). The van der Waals surface area contributed by atoms with Gasteiger partial charge in [-0.1, -0.05) is 72.9 Å². The molecule has 13 nitrogen and oxygen atoms in total. The van der Waals surface area contributed by atoms with E-state index in [1.807, 2.05) is 34.6 Å². The number of nitrogens with zero attached hydrogens (tertiary/aromatic N) is 2. The number of sulfonamides is 1. The Morgan fingerprint density at radius 3 is 2.33 bits per heavy atom. The van der Waals surface area contributed by atoms with Gasteiger partial charge >= 0.3 is 6.03 Å². The molecular formula is C36H56N6O7S2. The van der Waals surface area contributed by atoms with E-state index >= 15 is 0 Å². The molecule has 1 aliphatic heterocycles. The Morgan fingerprint density at radius 1 is 1.10 bits per heavy atom. The predicted octanol–water partition coefficient (Wildman–Crippen LogP) is 3.28. The van der Waals surface area contributed by atoms with Gasteiger partial charge < -0.3 is 26.2 Å². The Balaban J connectivity index is 1.52. The molecule has 3 aliphatic rings. The van der Waals surface area contributed by atoms with Crippen LogP contribution in [0.5, 0.6) is 0 Å². The summed E-state index contributed by atoms with van der Waals surface area (Å²) >= 11 is 1.14. The van der Waals surface area contributed by atoms with E-state index in [0.717, 1.165) is 43.4 Å². The SMILES string of the molecule is C=CCNC(=O)C(=O)C(CC)NC(=O)[C@@H]1[C@@H]2[C@H](CN1C(=O)[C@@H](NC(=O)N[C@H](CN(C)S(=O)(=O)c1cccs1)C1CCCCC1)C(C)(C)C)C2(C)C. The molecule has 1 aromatic heterocycles. The summed E-state index contributed by atoms with van der Waals surface area (Å²) in [6, 6.07) is -0.826. The number of amides is 5. The number of carbonyl (C=O) groups is 5. The number of thiophene rings is 1. The van der Waals surface area contributed by atoms with Crippen molar-refractivity contribution in [2.45, 2.75) is 108 Å². The van der Waals surface area contributed by atoms with E-state index in [9.17, 15) is 32.4 Å². The molecule has 1 aromatic rings. The largest absolute Gasteiger partial charge is 0.346 e. The lowest BCUT2D eigenvalue weighted by atomic mass is 9.83. The van der Waals surface area contributed by atoms with Gasteiger partial charge in [-0.15, -0.1) is 17.9 Å². The molecule has 3 fully saturated rings. The number of ketones is 1. The second-order valence-corrected chi connectivity index (χ2v) is 19.1. The summed E-state index contributed by atoms with van der Waals surface area (Å²) in [5.74, 6) is -2.58. The summed E-state index contributed by atoms with van der Waals surface area (Å²) < 4.78 is 28.1. The maximum absolute atomic E-state index is 14.4. The molecule has 0 aromatic carbocycles. The first kappa shape index (κ1) is 40.5. The third-order valence-corrected chi connectivity index (χ3v) is 14.2. The summed E-state index contributed by atoms with van der Waals surface area (Å²) in [5, 5.41) is 12.8. The van der Waals surface area contributed by atoms with Crippen LogP contribution in [0.2, 0.25) is 0 Å². The van der Waals surface area contributed by atoms with Gasteiger partial charge in [-0.3, -0.25) is 19.2 Å². The predicted molar refractivity (Wildman–Crippen MR) is 196 cm³/mol. The molecule has 0 radical (unpaired) electrons. The summed E-state index contributed by atoms with van der Waals surface area (Å²) in [7, 11) is -2.24. The summed E-state index contributed by atoms with van der Waals surface area (Å²) in [6.07, 6.45) is 6.37. The smallest absolute Gasteiger partial charge is 0.315 e. The van der Waals surface area contributed by atoms with Crippen molar-refractivity contribution in [2.75, 3.05) is 26.7 Å². The Kier molecular flexibility index (Phi) is 12.8. The van der Waals surface area contributed by atoms with E-state index in [1.54, 1.807) is 24.4 Å². The van der Waals surface area contributed by atoms with Gasteiger partial charge in [-0.05, 0) is 59.3 Å². The molecule has 284 valence electrons. The summed E-state index contributed by atoms with van der Waals surface area (Å²) in [4.78, 5) is 68.9. The van der Waals surface area contributed by atoms with Crippen molar-refractivity contribution in [1.82, 2.24) is 30.5 Å². The number of urea groups is 1. The van der Waals surface area contributed by atoms with Crippen molar-refractivity contribution in [3.05, 3.63) is 30.2 Å². The van der Waals surface area contributed by atoms with E-state index in [0.29, 0.717) is 6.54 Å². The van der Waals surface area contributed by atoms with Gasteiger partial charge in [0.05, 0.1) is 6.04 Å². The lowest BCUT2D eigenvalue weighted by Crippen LogP contribution is -2.62. The average Bonchev–Trinajstić information content (AvgIpc) is 3.54. The molecule has 51 heavy (non-hydrogen) atoms. The average molecular weight is 749 g/mol. The highest BCUT2D eigenvalue weighted by atomic mass is 32.2. The highest BCUT2D eigenvalue weighted by molar-refractivity contribution is 7.91. The molecule has 15 heteroatoms. The highest BCUT2D eigenvalue weighted by Gasteiger charge is 2.70. The number of likely N-dealkylation sites (tertiary alicyclic amines) is 1. The number of rotatable bonds is 15. The highest BCUT2D eigenvalue weighted by Crippen LogP contribution is 2.65.